The fourth-order valence-corrected chi connectivity index (χ4v) is 2.59. The molecule has 3 nitrogen and oxygen atoms in total. The molecule has 18 heavy (non-hydrogen) atoms. The van der Waals surface area contributed by atoms with E-state index in [4.69, 9.17) is 5.11 Å². The highest BCUT2D eigenvalue weighted by Gasteiger charge is 2.10. The third kappa shape index (κ3) is 3.34. The maximum Gasteiger partial charge on any atom is 0.354 e. The summed E-state index contributed by atoms with van der Waals surface area (Å²) in [6, 6.07) is 11.5. The second-order valence-electron chi connectivity index (χ2n) is 3.56. The summed E-state index contributed by atoms with van der Waals surface area (Å²) >= 11 is 4.96. The Bertz CT molecular complexity index is 557. The van der Waals surface area contributed by atoms with Crippen LogP contribution in [0.1, 0.15) is 16.1 Å². The number of rotatable bonds is 4. The summed E-state index contributed by atoms with van der Waals surface area (Å²) in [5.41, 5.74) is 0.861. The Balaban J connectivity index is 2.10. The van der Waals surface area contributed by atoms with E-state index < -0.39 is 5.97 Å². The lowest BCUT2D eigenvalue weighted by Gasteiger charge is -2.05. The molecule has 0 unspecified atom stereocenters. The van der Waals surface area contributed by atoms with Crippen LogP contribution in [-0.4, -0.2) is 16.1 Å². The van der Waals surface area contributed by atoms with E-state index >= 15 is 0 Å². The van der Waals surface area contributed by atoms with Crippen LogP contribution in [0.25, 0.3) is 0 Å². The summed E-state index contributed by atoms with van der Waals surface area (Å²) < 4.78 is 1.03. The lowest BCUT2D eigenvalue weighted by Crippen LogP contribution is -2.04. The zero-order valence-electron chi connectivity index (χ0n) is 9.34. The number of benzene rings is 1. The average molecular weight is 324 g/mol. The van der Waals surface area contributed by atoms with Crippen molar-refractivity contribution in [1.82, 2.24) is 4.98 Å². The van der Waals surface area contributed by atoms with Gasteiger partial charge in [-0.1, -0.05) is 22.0 Å². The molecule has 0 aliphatic heterocycles. The standard InChI is InChI=1S/C13H10BrNO2S/c14-10-3-5-11(6-4-10)18-8-9-2-1-7-15-12(9)13(16)17/h1-7H,8H2,(H,16,17). The molecule has 5 heteroatoms. The molecule has 92 valence electrons. The number of aromatic nitrogens is 1. The van der Waals surface area contributed by atoms with Crippen LogP contribution in [0.15, 0.2) is 52.0 Å². The van der Waals surface area contributed by atoms with Gasteiger partial charge in [0, 0.05) is 21.3 Å². The molecule has 0 saturated carbocycles. The highest BCUT2D eigenvalue weighted by Crippen LogP contribution is 2.25. The van der Waals surface area contributed by atoms with Crippen LogP contribution in [0.5, 0.6) is 0 Å². The summed E-state index contributed by atoms with van der Waals surface area (Å²) in [5, 5.41) is 9.02. The molecule has 1 aromatic heterocycles. The van der Waals surface area contributed by atoms with Crippen molar-refractivity contribution in [2.75, 3.05) is 0 Å². The van der Waals surface area contributed by atoms with Gasteiger partial charge in [0.05, 0.1) is 0 Å². The van der Waals surface area contributed by atoms with Gasteiger partial charge in [0.2, 0.25) is 0 Å². The monoisotopic (exact) mass is 323 g/mol. The molecule has 0 fully saturated rings. The maximum absolute atomic E-state index is 11.0. The Morgan fingerprint density at radius 1 is 1.28 bits per heavy atom. The Hall–Kier alpha value is -1.33. The van der Waals surface area contributed by atoms with E-state index in [1.54, 1.807) is 23.9 Å². The predicted octanol–water partition coefficient (Wildman–Crippen LogP) is 3.83. The van der Waals surface area contributed by atoms with Crippen molar-refractivity contribution < 1.29 is 9.90 Å². The van der Waals surface area contributed by atoms with Gasteiger partial charge in [0.1, 0.15) is 0 Å². The molecule has 0 saturated heterocycles. The highest BCUT2D eigenvalue weighted by atomic mass is 79.9. The average Bonchev–Trinajstić information content (AvgIpc) is 2.38. The van der Waals surface area contributed by atoms with Gasteiger partial charge < -0.3 is 5.11 Å². The number of aromatic carboxylic acids is 1. The second-order valence-corrected chi connectivity index (χ2v) is 5.52. The van der Waals surface area contributed by atoms with Gasteiger partial charge >= 0.3 is 5.97 Å². The Morgan fingerprint density at radius 2 is 2.00 bits per heavy atom. The normalized spacial score (nSPS) is 10.3. The number of nitrogens with zero attached hydrogens (tertiary/aromatic N) is 1. The number of hydrogen-bond acceptors (Lipinski definition) is 3. The topological polar surface area (TPSA) is 50.2 Å². The van der Waals surface area contributed by atoms with Crippen LogP contribution in [0.4, 0.5) is 0 Å². The number of pyridine rings is 1. The van der Waals surface area contributed by atoms with E-state index in [9.17, 15) is 4.79 Å². The van der Waals surface area contributed by atoms with Crippen molar-refractivity contribution in [2.45, 2.75) is 10.6 Å². The van der Waals surface area contributed by atoms with Gasteiger partial charge in [-0.3, -0.25) is 0 Å². The van der Waals surface area contributed by atoms with Gasteiger partial charge in [0.25, 0.3) is 0 Å². The van der Waals surface area contributed by atoms with Crippen LogP contribution in [0.2, 0.25) is 0 Å². The Labute approximate surface area is 117 Å². The summed E-state index contributed by atoms with van der Waals surface area (Å²) in [6.45, 7) is 0. The van der Waals surface area contributed by atoms with Crippen molar-refractivity contribution in [1.29, 1.82) is 0 Å². The van der Waals surface area contributed by atoms with Crippen LogP contribution in [-0.2, 0) is 5.75 Å². The van der Waals surface area contributed by atoms with Crippen molar-refractivity contribution in [2.24, 2.45) is 0 Å². The van der Waals surface area contributed by atoms with E-state index in [2.05, 4.69) is 20.9 Å². The molecule has 0 radical (unpaired) electrons. The summed E-state index contributed by atoms with van der Waals surface area (Å²) in [5.74, 6) is -0.390. The number of hydrogen-bond donors (Lipinski definition) is 1. The zero-order chi connectivity index (χ0) is 13.0. The molecule has 1 aromatic carbocycles. The largest absolute Gasteiger partial charge is 0.477 e. The smallest absolute Gasteiger partial charge is 0.354 e. The maximum atomic E-state index is 11.0. The first-order valence-electron chi connectivity index (χ1n) is 5.22. The molecule has 0 bridgehead atoms. The van der Waals surface area contributed by atoms with Crippen LogP contribution in [0, 0.1) is 0 Å². The van der Waals surface area contributed by atoms with Gasteiger partial charge in [-0.2, -0.15) is 0 Å². The summed E-state index contributed by atoms with van der Waals surface area (Å²) in [7, 11) is 0. The molecule has 2 aromatic rings. The minimum Gasteiger partial charge on any atom is -0.477 e. The van der Waals surface area contributed by atoms with Crippen molar-refractivity contribution in [3.63, 3.8) is 0 Å². The Morgan fingerprint density at radius 3 is 2.67 bits per heavy atom. The van der Waals surface area contributed by atoms with Crippen molar-refractivity contribution >= 4 is 33.7 Å². The van der Waals surface area contributed by atoms with Gasteiger partial charge in [0.15, 0.2) is 5.69 Å². The minimum atomic E-state index is -0.984. The van der Waals surface area contributed by atoms with Crippen LogP contribution < -0.4 is 0 Å². The number of carboxylic acids is 1. The fourth-order valence-electron chi connectivity index (χ4n) is 1.44. The molecular weight excluding hydrogens is 314 g/mol. The van der Waals surface area contributed by atoms with Crippen molar-refractivity contribution in [3.8, 4) is 0 Å². The molecule has 0 aliphatic rings. The van der Waals surface area contributed by atoms with Gasteiger partial charge in [-0.15, -0.1) is 11.8 Å². The van der Waals surface area contributed by atoms with Crippen molar-refractivity contribution in [3.05, 3.63) is 58.3 Å². The molecule has 0 spiro atoms. The molecular formula is C13H10BrNO2S. The quantitative estimate of drug-likeness (QED) is 0.868. The second kappa shape index (κ2) is 6.02. The number of halogens is 1. The molecule has 0 atom stereocenters. The third-order valence-corrected chi connectivity index (χ3v) is 3.89. The van der Waals surface area contributed by atoms with Gasteiger partial charge in [-0.25, -0.2) is 9.78 Å². The zero-order valence-corrected chi connectivity index (χ0v) is 11.7. The first-order valence-corrected chi connectivity index (χ1v) is 7.00. The lowest BCUT2D eigenvalue weighted by atomic mass is 10.2. The highest BCUT2D eigenvalue weighted by molar-refractivity contribution is 9.10. The first kappa shape index (κ1) is 13.1. The van der Waals surface area contributed by atoms with E-state index in [1.165, 1.54) is 6.20 Å². The molecule has 1 heterocycles. The molecule has 0 amide bonds. The molecule has 1 N–H and O–H groups in total. The van der Waals surface area contributed by atoms with Gasteiger partial charge in [-0.05, 0) is 35.9 Å². The summed E-state index contributed by atoms with van der Waals surface area (Å²) in [4.78, 5) is 16.0. The van der Waals surface area contributed by atoms with E-state index in [1.807, 2.05) is 24.3 Å². The fraction of sp³-hybridized carbons (Fsp3) is 0.0769. The van der Waals surface area contributed by atoms with E-state index in [-0.39, 0.29) is 5.69 Å². The SMILES string of the molecule is O=C(O)c1ncccc1CSc1ccc(Br)cc1. The van der Waals surface area contributed by atoms with E-state index in [0.29, 0.717) is 5.75 Å². The molecule has 0 aliphatic carbocycles. The van der Waals surface area contributed by atoms with Crippen LogP contribution >= 0.6 is 27.7 Å². The first-order chi connectivity index (χ1) is 8.66. The number of thioether (sulfide) groups is 1. The summed E-state index contributed by atoms with van der Waals surface area (Å²) in [6.07, 6.45) is 1.50. The number of carbonyl (C=O) groups is 1. The third-order valence-electron chi connectivity index (χ3n) is 2.30. The Kier molecular flexibility index (Phi) is 4.38. The van der Waals surface area contributed by atoms with E-state index in [0.717, 1.165) is 14.9 Å². The minimum absolute atomic E-state index is 0.127. The predicted molar refractivity (Wildman–Crippen MR) is 74.9 cm³/mol. The lowest BCUT2D eigenvalue weighted by molar-refractivity contribution is 0.0689. The number of carboxylic acid groups (broad SMARTS) is 1. The van der Waals surface area contributed by atoms with Crippen LogP contribution in [0.3, 0.4) is 0 Å². The molecule has 2 rings (SSSR count).